The maximum atomic E-state index is 5.38. The summed E-state index contributed by atoms with van der Waals surface area (Å²) in [5.74, 6) is 1.93. The third-order valence-electron chi connectivity index (χ3n) is 4.84. The zero-order valence-corrected chi connectivity index (χ0v) is 13.4. The van der Waals surface area contributed by atoms with Crippen LogP contribution in [0.25, 0.3) is 33.7 Å². The number of nitrogens with zero attached hydrogens (tertiary/aromatic N) is 2. The molecule has 0 spiro atoms. The average molecular weight is 315 g/mol. The number of fused-ring (bicyclic) bond motifs is 5. The van der Waals surface area contributed by atoms with Crippen molar-refractivity contribution in [2.75, 3.05) is 7.11 Å². The number of rotatable bonds is 2. The van der Waals surface area contributed by atoms with Crippen molar-refractivity contribution in [1.29, 1.82) is 0 Å². The topological polar surface area (TPSA) is 42.8 Å². The van der Waals surface area contributed by atoms with Crippen molar-refractivity contribution in [2.24, 2.45) is 0 Å². The molecule has 0 aliphatic carbocycles. The average Bonchev–Trinajstić information content (AvgIpc) is 3.23. The Morgan fingerprint density at radius 1 is 1.12 bits per heavy atom. The van der Waals surface area contributed by atoms with E-state index >= 15 is 0 Å². The summed E-state index contributed by atoms with van der Waals surface area (Å²) < 4.78 is 7.69. The van der Waals surface area contributed by atoms with Crippen LogP contribution in [0, 0.1) is 0 Å². The van der Waals surface area contributed by atoms with Crippen molar-refractivity contribution >= 4 is 10.9 Å². The zero-order chi connectivity index (χ0) is 16.1. The van der Waals surface area contributed by atoms with Crippen molar-refractivity contribution in [3.05, 3.63) is 60.3 Å². The van der Waals surface area contributed by atoms with E-state index in [9.17, 15) is 0 Å². The summed E-state index contributed by atoms with van der Waals surface area (Å²) in [4.78, 5) is 8.26. The Bertz CT molecular complexity index is 1040. The van der Waals surface area contributed by atoms with Crippen molar-refractivity contribution in [2.45, 2.75) is 13.0 Å². The van der Waals surface area contributed by atoms with Gasteiger partial charge < -0.3 is 14.3 Å². The van der Waals surface area contributed by atoms with Gasteiger partial charge >= 0.3 is 0 Å². The van der Waals surface area contributed by atoms with Crippen LogP contribution in [0.5, 0.6) is 5.75 Å². The second-order valence-electron chi connectivity index (χ2n) is 6.12. The first-order chi connectivity index (χ1) is 11.8. The van der Waals surface area contributed by atoms with Gasteiger partial charge in [-0.3, -0.25) is 0 Å². The van der Waals surface area contributed by atoms with Crippen LogP contribution in [0.3, 0.4) is 0 Å². The Labute approximate surface area is 139 Å². The number of H-pyrrole nitrogens is 1. The third-order valence-corrected chi connectivity index (χ3v) is 4.84. The molecule has 0 bridgehead atoms. The van der Waals surface area contributed by atoms with Crippen LogP contribution >= 0.6 is 0 Å². The normalized spacial score (nSPS) is 12.9. The molecule has 5 rings (SSSR count). The number of nitrogens with one attached hydrogen (secondary N) is 1. The van der Waals surface area contributed by atoms with Crippen molar-refractivity contribution in [3.63, 3.8) is 0 Å². The quantitative estimate of drug-likeness (QED) is 0.600. The first-order valence-corrected chi connectivity index (χ1v) is 8.15. The Kier molecular flexibility index (Phi) is 2.80. The fourth-order valence-corrected chi connectivity index (χ4v) is 3.67. The van der Waals surface area contributed by atoms with E-state index in [1.165, 1.54) is 16.6 Å². The minimum Gasteiger partial charge on any atom is -0.497 e. The summed E-state index contributed by atoms with van der Waals surface area (Å²) >= 11 is 0. The summed E-state index contributed by atoms with van der Waals surface area (Å²) in [6.45, 7) is 0.941. The maximum Gasteiger partial charge on any atom is 0.140 e. The molecule has 0 fully saturated rings. The summed E-state index contributed by atoms with van der Waals surface area (Å²) in [7, 11) is 1.71. The highest BCUT2D eigenvalue weighted by molar-refractivity contribution is 5.92. The summed E-state index contributed by atoms with van der Waals surface area (Å²) in [6, 6.07) is 16.6. The minimum atomic E-state index is 0.897. The molecule has 0 atom stereocenters. The lowest BCUT2D eigenvalue weighted by Gasteiger charge is -2.17. The molecule has 1 N–H and O–H groups in total. The number of imidazole rings is 1. The maximum absolute atomic E-state index is 5.38. The van der Waals surface area contributed by atoms with Gasteiger partial charge in [0, 0.05) is 23.0 Å². The van der Waals surface area contributed by atoms with E-state index in [2.05, 4.69) is 50.9 Å². The first-order valence-electron chi connectivity index (χ1n) is 8.15. The molecule has 4 heteroatoms. The monoisotopic (exact) mass is 315 g/mol. The van der Waals surface area contributed by atoms with E-state index < -0.39 is 0 Å². The molecule has 4 aromatic rings. The van der Waals surface area contributed by atoms with E-state index in [4.69, 9.17) is 4.74 Å². The fourth-order valence-electron chi connectivity index (χ4n) is 3.67. The van der Waals surface area contributed by atoms with Gasteiger partial charge in [0.1, 0.15) is 11.6 Å². The molecular weight excluding hydrogens is 298 g/mol. The lowest BCUT2D eigenvalue weighted by atomic mass is 10.0. The lowest BCUT2D eigenvalue weighted by Crippen LogP contribution is -2.11. The zero-order valence-electron chi connectivity index (χ0n) is 13.4. The fraction of sp³-hybridized carbons (Fsp3) is 0.150. The van der Waals surface area contributed by atoms with Crippen molar-refractivity contribution in [1.82, 2.24) is 14.5 Å². The Hall–Kier alpha value is -3.01. The summed E-state index contributed by atoms with van der Waals surface area (Å²) in [6.07, 6.45) is 2.97. The van der Waals surface area contributed by atoms with Crippen LogP contribution in [0.2, 0.25) is 0 Å². The second-order valence-corrected chi connectivity index (χ2v) is 6.12. The highest BCUT2D eigenvalue weighted by atomic mass is 16.5. The van der Waals surface area contributed by atoms with Crippen molar-refractivity contribution < 1.29 is 4.74 Å². The molecule has 24 heavy (non-hydrogen) atoms. The van der Waals surface area contributed by atoms with Gasteiger partial charge in [0.25, 0.3) is 0 Å². The van der Waals surface area contributed by atoms with Gasteiger partial charge in [-0.15, -0.1) is 0 Å². The number of methoxy groups -OCH3 is 1. The van der Waals surface area contributed by atoms with E-state index in [1.807, 2.05) is 18.3 Å². The molecule has 0 radical (unpaired) electrons. The van der Waals surface area contributed by atoms with Gasteiger partial charge in [-0.25, -0.2) is 4.98 Å². The molecule has 0 unspecified atom stereocenters. The number of aromatic amines is 1. The van der Waals surface area contributed by atoms with E-state index in [-0.39, 0.29) is 0 Å². The van der Waals surface area contributed by atoms with E-state index in [1.54, 1.807) is 7.11 Å². The Morgan fingerprint density at radius 3 is 2.83 bits per heavy atom. The molecule has 0 saturated heterocycles. The van der Waals surface area contributed by atoms with E-state index in [0.717, 1.165) is 41.3 Å². The molecule has 2 aromatic heterocycles. The van der Waals surface area contributed by atoms with Crippen LogP contribution in [0.15, 0.2) is 54.7 Å². The van der Waals surface area contributed by atoms with Gasteiger partial charge in [0.05, 0.1) is 24.7 Å². The van der Waals surface area contributed by atoms with Crippen LogP contribution in [-0.2, 0) is 13.0 Å². The molecule has 4 nitrogen and oxygen atoms in total. The minimum absolute atomic E-state index is 0.897. The summed E-state index contributed by atoms with van der Waals surface area (Å²) in [5, 5.41) is 1.25. The van der Waals surface area contributed by atoms with Crippen molar-refractivity contribution in [3.8, 4) is 28.5 Å². The predicted octanol–water partition coefficient (Wildman–Crippen LogP) is 4.26. The molecule has 118 valence electrons. The number of hydrogen-bond acceptors (Lipinski definition) is 2. The SMILES string of the molecule is COc1ccc2[nH]c3c(c2c1)CCn1c-3cnc1-c1ccccc1. The smallest absolute Gasteiger partial charge is 0.140 e. The van der Waals surface area contributed by atoms with Gasteiger partial charge in [0.15, 0.2) is 0 Å². The number of ether oxygens (including phenoxy) is 1. The molecule has 3 heterocycles. The molecule has 1 aliphatic heterocycles. The largest absolute Gasteiger partial charge is 0.497 e. The lowest BCUT2D eigenvalue weighted by molar-refractivity contribution is 0.415. The number of aryl methyl sites for hydroxylation is 1. The molecule has 2 aromatic carbocycles. The standard InChI is InChI=1S/C20H17N3O/c1-24-14-7-8-17-16(11-14)15-9-10-23-18(19(15)22-17)12-21-20(23)13-5-3-2-4-6-13/h2-8,11-12,22H,9-10H2,1H3. The highest BCUT2D eigenvalue weighted by Gasteiger charge is 2.24. The highest BCUT2D eigenvalue weighted by Crippen LogP contribution is 2.38. The van der Waals surface area contributed by atoms with Gasteiger partial charge in [-0.05, 0) is 30.2 Å². The van der Waals surface area contributed by atoms with Crippen LogP contribution in [0.1, 0.15) is 5.56 Å². The molecular formula is C20H17N3O. The first kappa shape index (κ1) is 13.4. The van der Waals surface area contributed by atoms with Crippen LogP contribution in [0.4, 0.5) is 0 Å². The van der Waals surface area contributed by atoms with Gasteiger partial charge in [0.2, 0.25) is 0 Å². The second kappa shape index (κ2) is 4.99. The molecule has 0 amide bonds. The third kappa shape index (κ3) is 1.83. The number of aromatic nitrogens is 3. The molecule has 0 saturated carbocycles. The summed E-state index contributed by atoms with van der Waals surface area (Å²) in [5.41, 5.74) is 6.00. The predicted molar refractivity (Wildman–Crippen MR) is 95.2 cm³/mol. The van der Waals surface area contributed by atoms with Crippen LogP contribution < -0.4 is 4.74 Å². The van der Waals surface area contributed by atoms with E-state index in [0.29, 0.717) is 0 Å². The molecule has 1 aliphatic rings. The Morgan fingerprint density at radius 2 is 2.00 bits per heavy atom. The van der Waals surface area contributed by atoms with Gasteiger partial charge in [-0.1, -0.05) is 30.3 Å². The number of benzene rings is 2. The Balaban J connectivity index is 1.71. The van der Waals surface area contributed by atoms with Crippen LogP contribution in [-0.4, -0.2) is 21.6 Å². The number of hydrogen-bond donors (Lipinski definition) is 1. The van der Waals surface area contributed by atoms with Gasteiger partial charge in [-0.2, -0.15) is 0 Å².